The lowest BCUT2D eigenvalue weighted by Crippen LogP contribution is -2.30. The van der Waals surface area contributed by atoms with Crippen LogP contribution < -0.4 is 0 Å². The van der Waals surface area contributed by atoms with Gasteiger partial charge in [-0.05, 0) is 30.4 Å². The van der Waals surface area contributed by atoms with Crippen molar-refractivity contribution in [1.82, 2.24) is 4.90 Å². The number of hydrogen-bond donors (Lipinski definition) is 0. The molecule has 108 valence electrons. The maximum Gasteiger partial charge on any atom is 0.261 e. The van der Waals surface area contributed by atoms with Gasteiger partial charge in [0.15, 0.2) is 0 Å². The van der Waals surface area contributed by atoms with Crippen LogP contribution in [0, 0.1) is 11.8 Å². The number of fused-ring (bicyclic) bond motifs is 1. The third-order valence-electron chi connectivity index (χ3n) is 4.31. The Hall–Kier alpha value is -1.64. The molecule has 3 heteroatoms. The highest BCUT2D eigenvalue weighted by molar-refractivity contribution is 6.21. The van der Waals surface area contributed by atoms with Gasteiger partial charge < -0.3 is 0 Å². The average molecular weight is 273 g/mol. The second kappa shape index (κ2) is 6.21. The summed E-state index contributed by atoms with van der Waals surface area (Å²) in [6.07, 6.45) is 3.11. The molecule has 1 aromatic carbocycles. The fourth-order valence-corrected chi connectivity index (χ4v) is 2.51. The van der Waals surface area contributed by atoms with Crippen LogP contribution in [-0.4, -0.2) is 23.3 Å². The summed E-state index contributed by atoms with van der Waals surface area (Å²) in [5.74, 6) is 1.11. The van der Waals surface area contributed by atoms with Crippen molar-refractivity contribution >= 4 is 11.8 Å². The number of carbonyl (C=O) groups excluding carboxylic acids is 2. The van der Waals surface area contributed by atoms with Crippen LogP contribution in [0.4, 0.5) is 0 Å². The Morgan fingerprint density at radius 2 is 1.50 bits per heavy atom. The van der Waals surface area contributed by atoms with Crippen LogP contribution >= 0.6 is 0 Å². The molecule has 0 N–H and O–H groups in total. The number of rotatable bonds is 6. The molecule has 20 heavy (non-hydrogen) atoms. The van der Waals surface area contributed by atoms with Gasteiger partial charge in [0, 0.05) is 6.54 Å². The summed E-state index contributed by atoms with van der Waals surface area (Å²) in [6, 6.07) is 7.07. The molecule has 2 amide bonds. The molecule has 3 nitrogen and oxygen atoms in total. The molecule has 2 rings (SSSR count). The minimum atomic E-state index is -0.137. The maximum atomic E-state index is 12.1. The summed E-state index contributed by atoms with van der Waals surface area (Å²) in [6.45, 7) is 7.26. The minimum absolute atomic E-state index is 0.137. The molecule has 1 aliphatic heterocycles. The Labute approximate surface area is 121 Å². The molecule has 1 aliphatic rings. The van der Waals surface area contributed by atoms with Gasteiger partial charge in [0.25, 0.3) is 11.8 Å². The molecule has 0 aromatic heterocycles. The van der Waals surface area contributed by atoms with Gasteiger partial charge in [-0.3, -0.25) is 14.5 Å². The summed E-state index contributed by atoms with van der Waals surface area (Å²) in [7, 11) is 0. The van der Waals surface area contributed by atoms with Crippen LogP contribution in [-0.2, 0) is 0 Å². The topological polar surface area (TPSA) is 37.4 Å². The van der Waals surface area contributed by atoms with Gasteiger partial charge >= 0.3 is 0 Å². The smallest absolute Gasteiger partial charge is 0.261 e. The Morgan fingerprint density at radius 1 is 0.950 bits per heavy atom. The predicted molar refractivity (Wildman–Crippen MR) is 79.7 cm³/mol. The Morgan fingerprint density at radius 3 is 2.00 bits per heavy atom. The number of carbonyl (C=O) groups is 2. The molecule has 0 bridgehead atoms. The summed E-state index contributed by atoms with van der Waals surface area (Å²) in [5, 5.41) is 0. The summed E-state index contributed by atoms with van der Waals surface area (Å²) >= 11 is 0. The normalized spacial score (nSPS) is 15.9. The van der Waals surface area contributed by atoms with E-state index in [4.69, 9.17) is 0 Å². The van der Waals surface area contributed by atoms with Gasteiger partial charge in [-0.2, -0.15) is 0 Å². The molecule has 1 unspecified atom stereocenters. The number of hydrogen-bond acceptors (Lipinski definition) is 2. The Balaban J connectivity index is 1.87. The molecule has 0 saturated heterocycles. The minimum Gasteiger partial charge on any atom is -0.274 e. The molecular weight excluding hydrogens is 250 g/mol. The highest BCUT2D eigenvalue weighted by Gasteiger charge is 2.34. The van der Waals surface area contributed by atoms with E-state index in [0.29, 0.717) is 29.5 Å². The van der Waals surface area contributed by atoms with Crippen molar-refractivity contribution in [3.63, 3.8) is 0 Å². The van der Waals surface area contributed by atoms with E-state index in [0.717, 1.165) is 19.3 Å². The molecule has 0 radical (unpaired) electrons. The van der Waals surface area contributed by atoms with Crippen molar-refractivity contribution in [2.24, 2.45) is 11.8 Å². The molecule has 0 aliphatic carbocycles. The average Bonchev–Trinajstić information content (AvgIpc) is 2.68. The quantitative estimate of drug-likeness (QED) is 0.585. The first-order valence-electron chi connectivity index (χ1n) is 7.47. The molecule has 1 atom stereocenters. The molecule has 0 spiro atoms. The molecule has 1 heterocycles. The van der Waals surface area contributed by atoms with E-state index in [1.807, 2.05) is 0 Å². The van der Waals surface area contributed by atoms with E-state index in [1.54, 1.807) is 24.3 Å². The largest absolute Gasteiger partial charge is 0.274 e. The van der Waals surface area contributed by atoms with Crippen LogP contribution in [0.3, 0.4) is 0 Å². The van der Waals surface area contributed by atoms with E-state index in [9.17, 15) is 9.59 Å². The van der Waals surface area contributed by atoms with Crippen LogP contribution in [0.1, 0.15) is 60.7 Å². The lowest BCUT2D eigenvalue weighted by molar-refractivity contribution is 0.0651. The van der Waals surface area contributed by atoms with Gasteiger partial charge in [-0.15, -0.1) is 0 Å². The number of nitrogens with zero attached hydrogens (tertiary/aromatic N) is 1. The zero-order valence-electron chi connectivity index (χ0n) is 12.6. The van der Waals surface area contributed by atoms with Crippen molar-refractivity contribution in [1.29, 1.82) is 0 Å². The third-order valence-corrected chi connectivity index (χ3v) is 4.31. The van der Waals surface area contributed by atoms with E-state index >= 15 is 0 Å². The van der Waals surface area contributed by atoms with E-state index < -0.39 is 0 Å². The van der Waals surface area contributed by atoms with Crippen molar-refractivity contribution < 1.29 is 9.59 Å². The zero-order chi connectivity index (χ0) is 14.7. The zero-order valence-corrected chi connectivity index (χ0v) is 12.6. The van der Waals surface area contributed by atoms with Crippen molar-refractivity contribution in [3.8, 4) is 0 Å². The Bertz CT molecular complexity index is 472. The van der Waals surface area contributed by atoms with Crippen molar-refractivity contribution in [2.75, 3.05) is 6.54 Å². The lowest BCUT2D eigenvalue weighted by atomic mass is 9.93. The van der Waals surface area contributed by atoms with Crippen LogP contribution in [0.15, 0.2) is 24.3 Å². The first-order valence-corrected chi connectivity index (χ1v) is 7.47. The number of unbranched alkanes of at least 4 members (excludes halogenated alkanes) is 1. The molecular formula is C17H23NO2. The predicted octanol–water partition coefficient (Wildman–Crippen LogP) is 3.75. The van der Waals surface area contributed by atoms with E-state index in [1.165, 1.54) is 4.90 Å². The summed E-state index contributed by atoms with van der Waals surface area (Å²) in [4.78, 5) is 25.7. The van der Waals surface area contributed by atoms with Gasteiger partial charge in [0.05, 0.1) is 11.1 Å². The fraction of sp³-hybridized carbons (Fsp3) is 0.529. The molecule has 0 saturated carbocycles. The Kier molecular flexibility index (Phi) is 4.58. The second-order valence-electron chi connectivity index (χ2n) is 6.02. The molecule has 0 fully saturated rings. The maximum absolute atomic E-state index is 12.1. The van der Waals surface area contributed by atoms with Crippen molar-refractivity contribution in [2.45, 2.75) is 40.0 Å². The van der Waals surface area contributed by atoms with Gasteiger partial charge in [-0.1, -0.05) is 45.7 Å². The third kappa shape index (κ3) is 2.92. The van der Waals surface area contributed by atoms with Gasteiger partial charge in [-0.25, -0.2) is 0 Å². The number of imide groups is 1. The lowest BCUT2D eigenvalue weighted by Gasteiger charge is -2.17. The molecule has 1 aromatic rings. The number of benzene rings is 1. The van der Waals surface area contributed by atoms with Gasteiger partial charge in [0.1, 0.15) is 0 Å². The fourth-order valence-electron chi connectivity index (χ4n) is 2.51. The second-order valence-corrected chi connectivity index (χ2v) is 6.02. The van der Waals surface area contributed by atoms with Crippen LogP contribution in [0.25, 0.3) is 0 Å². The first-order chi connectivity index (χ1) is 9.52. The SMILES string of the molecule is CC(C)C(C)CCCCN1C(=O)c2ccccc2C1=O. The monoisotopic (exact) mass is 273 g/mol. The standard InChI is InChI=1S/C17H23NO2/c1-12(2)13(3)8-6-7-11-18-16(19)14-9-4-5-10-15(14)17(18)20/h4-5,9-10,12-13H,6-8,11H2,1-3H3. The van der Waals surface area contributed by atoms with Crippen LogP contribution in [0.5, 0.6) is 0 Å². The van der Waals surface area contributed by atoms with E-state index in [-0.39, 0.29) is 11.8 Å². The highest BCUT2D eigenvalue weighted by atomic mass is 16.2. The van der Waals surface area contributed by atoms with Gasteiger partial charge in [0.2, 0.25) is 0 Å². The van der Waals surface area contributed by atoms with Crippen molar-refractivity contribution in [3.05, 3.63) is 35.4 Å². The van der Waals surface area contributed by atoms with E-state index in [2.05, 4.69) is 20.8 Å². The van der Waals surface area contributed by atoms with Crippen LogP contribution in [0.2, 0.25) is 0 Å². The highest BCUT2D eigenvalue weighted by Crippen LogP contribution is 2.23. The summed E-state index contributed by atoms with van der Waals surface area (Å²) in [5.41, 5.74) is 1.10. The summed E-state index contributed by atoms with van der Waals surface area (Å²) < 4.78 is 0. The number of amides is 2. The first kappa shape index (κ1) is 14.8.